The van der Waals surface area contributed by atoms with Crippen LogP contribution in [0.2, 0.25) is 0 Å². The molecule has 72 valence electrons. The number of ether oxygens (including phenoxy) is 1. The number of aromatic hydroxyl groups is 1. The van der Waals surface area contributed by atoms with Gasteiger partial charge in [0.1, 0.15) is 0 Å². The highest BCUT2D eigenvalue weighted by atomic mass is 79.9. The first-order valence-corrected chi connectivity index (χ1v) is 4.68. The first-order valence-electron chi connectivity index (χ1n) is 3.89. The topological polar surface area (TPSA) is 41.5 Å². The summed E-state index contributed by atoms with van der Waals surface area (Å²) < 4.78 is 5.86. The molecule has 1 aromatic carbocycles. The molecule has 0 amide bonds. The molecule has 0 aliphatic heterocycles. The maximum Gasteiger partial charge on any atom is 0.160 e. The van der Waals surface area contributed by atoms with Gasteiger partial charge in [-0.1, -0.05) is 15.9 Å². The smallest absolute Gasteiger partial charge is 0.160 e. The molecule has 0 unspecified atom stereocenters. The van der Waals surface area contributed by atoms with Crippen LogP contribution in [0, 0.1) is 0 Å². The van der Waals surface area contributed by atoms with E-state index in [1.165, 1.54) is 7.11 Å². The largest absolute Gasteiger partial charge is 0.504 e. The van der Waals surface area contributed by atoms with Crippen molar-refractivity contribution in [3.8, 4) is 11.5 Å². The molecule has 0 aliphatic carbocycles. The van der Waals surface area contributed by atoms with Gasteiger partial charge >= 0.3 is 0 Å². The van der Waals surface area contributed by atoms with Crippen LogP contribution in [0.4, 0.5) is 0 Å². The Bertz CT molecular complexity index is 302. The summed E-state index contributed by atoms with van der Waals surface area (Å²) in [4.78, 5) is 0. The van der Waals surface area contributed by atoms with E-state index in [0.717, 1.165) is 16.6 Å². The van der Waals surface area contributed by atoms with E-state index >= 15 is 0 Å². The second-order valence-electron chi connectivity index (χ2n) is 2.65. The average molecular weight is 246 g/mol. The lowest BCUT2D eigenvalue weighted by Gasteiger charge is -2.08. The van der Waals surface area contributed by atoms with Crippen molar-refractivity contribution in [1.82, 2.24) is 5.32 Å². The standard InChI is InChI=1S/C9H12BrNO2/c1-11-5-6-3-9(13-2)8(12)4-7(6)10/h3-4,11-12H,5H2,1-2H3. The molecule has 4 heteroatoms. The summed E-state index contributed by atoms with van der Waals surface area (Å²) >= 11 is 3.36. The van der Waals surface area contributed by atoms with Crippen molar-refractivity contribution in [3.63, 3.8) is 0 Å². The summed E-state index contributed by atoms with van der Waals surface area (Å²) in [5, 5.41) is 12.4. The third-order valence-electron chi connectivity index (χ3n) is 1.72. The molecule has 0 saturated heterocycles. The Morgan fingerprint density at radius 3 is 2.77 bits per heavy atom. The zero-order chi connectivity index (χ0) is 9.84. The van der Waals surface area contributed by atoms with Gasteiger partial charge in [-0.2, -0.15) is 0 Å². The van der Waals surface area contributed by atoms with Crippen molar-refractivity contribution in [1.29, 1.82) is 0 Å². The predicted octanol–water partition coefficient (Wildman–Crippen LogP) is 1.88. The van der Waals surface area contributed by atoms with Gasteiger partial charge in [0, 0.05) is 11.0 Å². The molecule has 2 N–H and O–H groups in total. The summed E-state index contributed by atoms with van der Waals surface area (Å²) in [6, 6.07) is 3.43. The van der Waals surface area contributed by atoms with Crippen LogP contribution >= 0.6 is 15.9 Å². The number of hydrogen-bond donors (Lipinski definition) is 2. The fourth-order valence-electron chi connectivity index (χ4n) is 1.07. The number of methoxy groups -OCH3 is 1. The molecule has 0 radical (unpaired) electrons. The number of hydrogen-bond acceptors (Lipinski definition) is 3. The Morgan fingerprint density at radius 1 is 1.54 bits per heavy atom. The number of nitrogens with one attached hydrogen (secondary N) is 1. The second kappa shape index (κ2) is 4.48. The van der Waals surface area contributed by atoms with Gasteiger partial charge in [-0.05, 0) is 24.7 Å². The van der Waals surface area contributed by atoms with Crippen LogP contribution in [0.5, 0.6) is 11.5 Å². The number of benzene rings is 1. The lowest BCUT2D eigenvalue weighted by molar-refractivity contribution is 0.372. The quantitative estimate of drug-likeness (QED) is 0.855. The molecule has 0 aliphatic rings. The highest BCUT2D eigenvalue weighted by molar-refractivity contribution is 9.10. The van der Waals surface area contributed by atoms with Crippen molar-refractivity contribution >= 4 is 15.9 Å². The van der Waals surface area contributed by atoms with Gasteiger partial charge in [0.25, 0.3) is 0 Å². The van der Waals surface area contributed by atoms with Crippen molar-refractivity contribution in [2.75, 3.05) is 14.2 Å². The molecule has 3 nitrogen and oxygen atoms in total. The predicted molar refractivity (Wildman–Crippen MR) is 55.1 cm³/mol. The van der Waals surface area contributed by atoms with Crippen molar-refractivity contribution in [2.24, 2.45) is 0 Å². The van der Waals surface area contributed by atoms with Crippen LogP contribution in [0.25, 0.3) is 0 Å². The molecule has 0 bridgehead atoms. The third-order valence-corrected chi connectivity index (χ3v) is 2.45. The third kappa shape index (κ3) is 2.35. The molecule has 1 rings (SSSR count). The van der Waals surface area contributed by atoms with E-state index in [2.05, 4.69) is 21.2 Å². The van der Waals surface area contributed by atoms with Crippen LogP contribution < -0.4 is 10.1 Å². The number of halogens is 1. The monoisotopic (exact) mass is 245 g/mol. The van der Waals surface area contributed by atoms with Gasteiger partial charge < -0.3 is 15.2 Å². The van der Waals surface area contributed by atoms with Crippen LogP contribution in [0.15, 0.2) is 16.6 Å². The maximum atomic E-state index is 9.41. The molecule has 0 saturated carbocycles. The number of rotatable bonds is 3. The van der Waals surface area contributed by atoms with Gasteiger partial charge in [0.2, 0.25) is 0 Å². The highest BCUT2D eigenvalue weighted by Gasteiger charge is 2.06. The number of phenolic OH excluding ortho intramolecular Hbond substituents is 1. The minimum absolute atomic E-state index is 0.147. The molecule has 13 heavy (non-hydrogen) atoms. The normalized spacial score (nSPS) is 10.1. The minimum atomic E-state index is 0.147. The van der Waals surface area contributed by atoms with Gasteiger partial charge in [-0.15, -0.1) is 0 Å². The van der Waals surface area contributed by atoms with Gasteiger partial charge in [0.05, 0.1) is 7.11 Å². The Kier molecular flexibility index (Phi) is 3.57. The SMILES string of the molecule is CNCc1cc(OC)c(O)cc1Br. The summed E-state index contributed by atoms with van der Waals surface area (Å²) in [7, 11) is 3.40. The molecular formula is C9H12BrNO2. The fourth-order valence-corrected chi connectivity index (χ4v) is 1.55. The zero-order valence-electron chi connectivity index (χ0n) is 7.60. The number of phenols is 1. The molecule has 1 aromatic rings. The van der Waals surface area contributed by atoms with E-state index in [1.807, 2.05) is 7.05 Å². The highest BCUT2D eigenvalue weighted by Crippen LogP contribution is 2.32. The van der Waals surface area contributed by atoms with Crippen LogP contribution in [0.3, 0.4) is 0 Å². The molecule has 0 atom stereocenters. The lowest BCUT2D eigenvalue weighted by atomic mass is 10.2. The van der Waals surface area contributed by atoms with E-state index in [9.17, 15) is 5.11 Å². The zero-order valence-corrected chi connectivity index (χ0v) is 9.18. The maximum absolute atomic E-state index is 9.41. The van der Waals surface area contributed by atoms with Gasteiger partial charge in [0.15, 0.2) is 11.5 Å². The molecule has 0 heterocycles. The Hall–Kier alpha value is -0.740. The van der Waals surface area contributed by atoms with Crippen LogP contribution in [0.1, 0.15) is 5.56 Å². The van der Waals surface area contributed by atoms with Gasteiger partial charge in [-0.25, -0.2) is 0 Å². The van der Waals surface area contributed by atoms with E-state index in [4.69, 9.17) is 4.74 Å². The molecule has 0 aromatic heterocycles. The van der Waals surface area contributed by atoms with Crippen molar-refractivity contribution < 1.29 is 9.84 Å². The lowest BCUT2D eigenvalue weighted by Crippen LogP contribution is -2.05. The first kappa shape index (κ1) is 10.3. The summed E-state index contributed by atoms with van der Waals surface area (Å²) in [5.74, 6) is 0.641. The summed E-state index contributed by atoms with van der Waals surface area (Å²) in [6.07, 6.45) is 0. The Balaban J connectivity index is 3.06. The fraction of sp³-hybridized carbons (Fsp3) is 0.333. The van der Waals surface area contributed by atoms with E-state index in [-0.39, 0.29) is 5.75 Å². The minimum Gasteiger partial charge on any atom is -0.504 e. The van der Waals surface area contributed by atoms with Crippen LogP contribution in [-0.2, 0) is 6.54 Å². The second-order valence-corrected chi connectivity index (χ2v) is 3.50. The Morgan fingerprint density at radius 2 is 2.23 bits per heavy atom. The van der Waals surface area contributed by atoms with Crippen molar-refractivity contribution in [3.05, 3.63) is 22.2 Å². The van der Waals surface area contributed by atoms with Gasteiger partial charge in [-0.3, -0.25) is 0 Å². The Labute approximate surface area is 85.9 Å². The summed E-state index contributed by atoms with van der Waals surface area (Å²) in [5.41, 5.74) is 1.05. The van der Waals surface area contributed by atoms with E-state index in [0.29, 0.717) is 5.75 Å². The van der Waals surface area contributed by atoms with Crippen LogP contribution in [-0.4, -0.2) is 19.3 Å². The summed E-state index contributed by atoms with van der Waals surface area (Å²) in [6.45, 7) is 0.733. The molecule has 0 spiro atoms. The van der Waals surface area contributed by atoms with Crippen molar-refractivity contribution in [2.45, 2.75) is 6.54 Å². The average Bonchev–Trinajstić information content (AvgIpc) is 2.10. The first-order chi connectivity index (χ1) is 6.19. The molecular weight excluding hydrogens is 234 g/mol. The molecule has 0 fully saturated rings. The van der Waals surface area contributed by atoms with E-state index in [1.54, 1.807) is 12.1 Å². The van der Waals surface area contributed by atoms with E-state index < -0.39 is 0 Å².